The maximum atomic E-state index is 4.33. The fourth-order valence-electron chi connectivity index (χ4n) is 2.29. The van der Waals surface area contributed by atoms with Crippen molar-refractivity contribution in [2.75, 3.05) is 0 Å². The average Bonchev–Trinajstić information content (AvgIpc) is 2.53. The summed E-state index contributed by atoms with van der Waals surface area (Å²) in [6.07, 6.45) is 0. The van der Waals surface area contributed by atoms with E-state index in [0.29, 0.717) is 5.82 Å². The van der Waals surface area contributed by atoms with Gasteiger partial charge in [-0.25, -0.2) is 9.97 Å². The van der Waals surface area contributed by atoms with Crippen LogP contribution in [0.3, 0.4) is 0 Å². The van der Waals surface area contributed by atoms with Crippen LogP contribution < -0.4 is 0 Å². The second-order valence-electron chi connectivity index (χ2n) is 5.17. The first kappa shape index (κ1) is 14.0. The normalized spacial score (nSPS) is 9.91. The van der Waals surface area contributed by atoms with Gasteiger partial charge < -0.3 is 0 Å². The Bertz CT molecular complexity index is 818. The molecule has 0 unspecified atom stereocenters. The van der Waals surface area contributed by atoms with E-state index in [4.69, 9.17) is 0 Å². The molecule has 3 aromatic rings. The number of rotatable bonds is 1. The molecule has 2 aromatic carbocycles. The summed E-state index contributed by atoms with van der Waals surface area (Å²) in [6.45, 7) is 3.91. The molecule has 2 nitrogen and oxygen atoms in total. The molecule has 0 N–H and O–H groups in total. The van der Waals surface area contributed by atoms with Crippen LogP contribution in [-0.2, 0) is 0 Å². The molecule has 22 heavy (non-hydrogen) atoms. The summed E-state index contributed by atoms with van der Waals surface area (Å²) >= 11 is 0. The lowest BCUT2D eigenvalue weighted by Crippen LogP contribution is -1.94. The van der Waals surface area contributed by atoms with Gasteiger partial charge in [0.15, 0.2) is 0 Å². The van der Waals surface area contributed by atoms with Gasteiger partial charge in [-0.1, -0.05) is 48.4 Å². The Balaban J connectivity index is 1.84. The van der Waals surface area contributed by atoms with Gasteiger partial charge in [0.2, 0.25) is 5.82 Å². The number of aromatic nitrogens is 2. The first-order valence-electron chi connectivity index (χ1n) is 7.20. The van der Waals surface area contributed by atoms with Crippen molar-refractivity contribution in [2.24, 2.45) is 0 Å². The number of aryl methyl sites for hydroxylation is 2. The lowest BCUT2D eigenvalue weighted by molar-refractivity contribution is 1.03. The van der Waals surface area contributed by atoms with E-state index in [2.05, 4.69) is 46.1 Å². The predicted molar refractivity (Wildman–Crippen MR) is 89.4 cm³/mol. The van der Waals surface area contributed by atoms with Crippen LogP contribution >= 0.6 is 0 Å². The Morgan fingerprint density at radius 1 is 0.682 bits per heavy atom. The molecule has 0 saturated carbocycles. The molecule has 0 bridgehead atoms. The Labute approximate surface area is 130 Å². The number of nitrogens with zero attached hydrogens (tertiary/aromatic N) is 2. The van der Waals surface area contributed by atoms with E-state index in [1.165, 1.54) is 11.1 Å². The van der Waals surface area contributed by atoms with Gasteiger partial charge in [-0.3, -0.25) is 0 Å². The van der Waals surface area contributed by atoms with E-state index in [1.807, 2.05) is 50.2 Å². The molecule has 0 radical (unpaired) electrons. The average molecular weight is 284 g/mol. The van der Waals surface area contributed by atoms with Gasteiger partial charge in [-0.15, -0.1) is 0 Å². The molecule has 2 heteroatoms. The Hall–Kier alpha value is -2.92. The summed E-state index contributed by atoms with van der Waals surface area (Å²) < 4.78 is 0. The van der Waals surface area contributed by atoms with Crippen molar-refractivity contribution in [3.63, 3.8) is 0 Å². The topological polar surface area (TPSA) is 25.8 Å². The van der Waals surface area contributed by atoms with E-state index in [1.54, 1.807) is 0 Å². The van der Waals surface area contributed by atoms with E-state index in [-0.39, 0.29) is 0 Å². The molecule has 1 aromatic heterocycles. The van der Waals surface area contributed by atoms with Crippen LogP contribution in [0.4, 0.5) is 0 Å². The minimum atomic E-state index is 0.574. The van der Waals surface area contributed by atoms with Crippen molar-refractivity contribution < 1.29 is 0 Å². The number of hydrogen-bond acceptors (Lipinski definition) is 2. The number of benzene rings is 2. The van der Waals surface area contributed by atoms with Crippen molar-refractivity contribution in [3.05, 3.63) is 83.4 Å². The van der Waals surface area contributed by atoms with Crippen molar-refractivity contribution >= 4 is 0 Å². The fraction of sp³-hybridized carbons (Fsp3) is 0.100. The van der Waals surface area contributed by atoms with Crippen molar-refractivity contribution in [1.82, 2.24) is 9.97 Å². The van der Waals surface area contributed by atoms with E-state index in [9.17, 15) is 0 Å². The minimum absolute atomic E-state index is 0.574. The zero-order valence-electron chi connectivity index (χ0n) is 12.7. The van der Waals surface area contributed by atoms with Gasteiger partial charge in [0.1, 0.15) is 0 Å². The molecule has 0 fully saturated rings. The van der Waals surface area contributed by atoms with Gasteiger partial charge in [0.25, 0.3) is 0 Å². The molecule has 0 spiro atoms. The summed E-state index contributed by atoms with van der Waals surface area (Å²) in [5.41, 5.74) is 5.24. The van der Waals surface area contributed by atoms with Gasteiger partial charge in [0.05, 0.1) is 0 Å². The van der Waals surface area contributed by atoms with Crippen LogP contribution in [0, 0.1) is 25.7 Å². The molecule has 0 aliphatic heterocycles. The van der Waals surface area contributed by atoms with Crippen LogP contribution in [0.1, 0.15) is 22.8 Å². The third-order valence-electron chi connectivity index (χ3n) is 3.29. The summed E-state index contributed by atoms with van der Waals surface area (Å²) in [6, 6.07) is 20.5. The lowest BCUT2D eigenvalue weighted by atomic mass is 10.0. The standard InChI is InChI=1S/C20H16N2/c1-15-14-16(2)22-20(21-15)13-10-17-8-11-19(12-9-17)18-6-4-3-5-7-18/h3-9,11-12,14H,1-2H3. The van der Waals surface area contributed by atoms with Crippen LogP contribution in [-0.4, -0.2) is 9.97 Å². The smallest absolute Gasteiger partial charge is 0.205 e. The highest BCUT2D eigenvalue weighted by molar-refractivity contribution is 5.64. The van der Waals surface area contributed by atoms with Crippen molar-refractivity contribution in [1.29, 1.82) is 0 Å². The molecule has 0 amide bonds. The molecule has 1 heterocycles. The third-order valence-corrected chi connectivity index (χ3v) is 3.29. The van der Waals surface area contributed by atoms with Crippen molar-refractivity contribution in [2.45, 2.75) is 13.8 Å². The Morgan fingerprint density at radius 2 is 1.27 bits per heavy atom. The van der Waals surface area contributed by atoms with Gasteiger partial charge in [-0.05, 0) is 49.1 Å². The molecule has 0 saturated heterocycles. The van der Waals surface area contributed by atoms with Crippen LogP contribution in [0.25, 0.3) is 11.1 Å². The molecular weight excluding hydrogens is 268 g/mol. The molecule has 3 rings (SSSR count). The van der Waals surface area contributed by atoms with Gasteiger partial charge in [-0.2, -0.15) is 0 Å². The zero-order valence-corrected chi connectivity index (χ0v) is 12.7. The molecular formula is C20H16N2. The van der Waals surface area contributed by atoms with E-state index >= 15 is 0 Å². The maximum absolute atomic E-state index is 4.33. The monoisotopic (exact) mass is 284 g/mol. The third kappa shape index (κ3) is 3.39. The predicted octanol–water partition coefficient (Wildman–Crippen LogP) is 4.16. The van der Waals surface area contributed by atoms with Crippen LogP contribution in [0.15, 0.2) is 60.7 Å². The quantitative estimate of drug-likeness (QED) is 0.627. The minimum Gasteiger partial charge on any atom is -0.226 e. The van der Waals surface area contributed by atoms with Crippen LogP contribution in [0.5, 0.6) is 0 Å². The van der Waals surface area contributed by atoms with Crippen molar-refractivity contribution in [3.8, 4) is 23.0 Å². The second-order valence-corrected chi connectivity index (χ2v) is 5.17. The first-order chi connectivity index (χ1) is 10.7. The van der Waals surface area contributed by atoms with Gasteiger partial charge in [0, 0.05) is 17.0 Å². The van der Waals surface area contributed by atoms with E-state index < -0.39 is 0 Å². The zero-order chi connectivity index (χ0) is 15.4. The Morgan fingerprint density at radius 3 is 1.91 bits per heavy atom. The maximum Gasteiger partial charge on any atom is 0.205 e. The molecule has 0 aliphatic rings. The Kier molecular flexibility index (Phi) is 3.98. The summed E-state index contributed by atoms with van der Waals surface area (Å²) in [5, 5.41) is 0. The summed E-state index contributed by atoms with van der Waals surface area (Å²) in [4.78, 5) is 8.66. The first-order valence-corrected chi connectivity index (χ1v) is 7.20. The largest absolute Gasteiger partial charge is 0.226 e. The SMILES string of the molecule is Cc1cc(C)nc(C#Cc2ccc(-c3ccccc3)cc2)n1. The molecule has 0 aliphatic carbocycles. The lowest BCUT2D eigenvalue weighted by Gasteiger charge is -2.00. The fourth-order valence-corrected chi connectivity index (χ4v) is 2.29. The van der Waals surface area contributed by atoms with Gasteiger partial charge >= 0.3 is 0 Å². The second kappa shape index (κ2) is 6.24. The highest BCUT2D eigenvalue weighted by Gasteiger charge is 1.97. The summed E-state index contributed by atoms with van der Waals surface area (Å²) in [7, 11) is 0. The highest BCUT2D eigenvalue weighted by atomic mass is 14.9. The highest BCUT2D eigenvalue weighted by Crippen LogP contribution is 2.18. The molecule has 0 atom stereocenters. The van der Waals surface area contributed by atoms with Crippen LogP contribution in [0.2, 0.25) is 0 Å². The molecule has 106 valence electrons. The number of hydrogen-bond donors (Lipinski definition) is 0. The van der Waals surface area contributed by atoms with E-state index in [0.717, 1.165) is 17.0 Å². The summed E-state index contributed by atoms with van der Waals surface area (Å²) in [5.74, 6) is 6.72.